The third-order valence-corrected chi connectivity index (χ3v) is 6.70. The van der Waals surface area contributed by atoms with E-state index < -0.39 is 27.3 Å². The van der Waals surface area contributed by atoms with E-state index in [2.05, 4.69) is 20.7 Å². The predicted molar refractivity (Wildman–Crippen MR) is 82.8 cm³/mol. The maximum atomic E-state index is 13.3. The van der Waals surface area contributed by atoms with Crippen LogP contribution in [0.1, 0.15) is 10.4 Å². The summed E-state index contributed by atoms with van der Waals surface area (Å²) in [6, 6.07) is 4.44. The van der Waals surface area contributed by atoms with E-state index in [-0.39, 0.29) is 14.9 Å². The molecule has 1 aromatic carbocycles. The van der Waals surface area contributed by atoms with Crippen LogP contribution in [0.25, 0.3) is 0 Å². The molecule has 2 aromatic rings. The average Bonchev–Trinajstić information content (AvgIpc) is 2.72. The first-order valence-electron chi connectivity index (χ1n) is 5.27. The molecule has 0 radical (unpaired) electrons. The number of hydrogen-bond donors (Lipinski definition) is 2. The van der Waals surface area contributed by atoms with Gasteiger partial charge in [0.1, 0.15) is 10.0 Å². The molecule has 0 saturated heterocycles. The van der Waals surface area contributed by atoms with Gasteiger partial charge in [0.15, 0.2) is 0 Å². The minimum absolute atomic E-state index is 0.0193. The van der Waals surface area contributed by atoms with E-state index in [9.17, 15) is 17.6 Å². The van der Waals surface area contributed by atoms with Gasteiger partial charge in [-0.3, -0.25) is 9.52 Å². The van der Waals surface area contributed by atoms with Crippen molar-refractivity contribution in [3.63, 3.8) is 0 Å². The molecule has 0 atom stereocenters. The van der Waals surface area contributed by atoms with E-state index in [0.717, 1.165) is 23.5 Å². The number of rotatable bonds is 4. The first-order valence-corrected chi connectivity index (χ1v) is 8.75. The first kappa shape index (κ1) is 16.2. The van der Waals surface area contributed by atoms with Crippen molar-refractivity contribution in [1.29, 1.82) is 0 Å². The quantitative estimate of drug-likeness (QED) is 0.806. The fourth-order valence-electron chi connectivity index (χ4n) is 1.44. The second-order valence-corrected chi connectivity index (χ2v) is 8.54. The lowest BCUT2D eigenvalue weighted by molar-refractivity contribution is 0.0996. The lowest BCUT2D eigenvalue weighted by Crippen LogP contribution is -2.15. The van der Waals surface area contributed by atoms with Crippen molar-refractivity contribution < 1.29 is 17.6 Å². The maximum absolute atomic E-state index is 13.3. The Morgan fingerprint density at radius 3 is 2.57 bits per heavy atom. The molecule has 1 amide bonds. The molecular formula is C11H7BrClFN2O3S2. The molecule has 1 heterocycles. The number of sulfonamides is 1. The van der Waals surface area contributed by atoms with Gasteiger partial charge in [-0.25, -0.2) is 12.8 Å². The predicted octanol–water partition coefficient (Wildman–Crippen LogP) is 3.20. The molecule has 112 valence electrons. The van der Waals surface area contributed by atoms with Crippen molar-refractivity contribution in [2.45, 2.75) is 4.21 Å². The number of primary amides is 1. The Hall–Kier alpha value is -1.16. The van der Waals surface area contributed by atoms with Crippen LogP contribution in [0.4, 0.5) is 10.1 Å². The van der Waals surface area contributed by atoms with Crippen molar-refractivity contribution in [2.75, 3.05) is 4.72 Å². The molecule has 0 aliphatic carbocycles. The number of halogens is 3. The summed E-state index contributed by atoms with van der Waals surface area (Å²) >= 11 is 9.83. The summed E-state index contributed by atoms with van der Waals surface area (Å²) in [7, 11) is -3.89. The van der Waals surface area contributed by atoms with Crippen molar-refractivity contribution >= 4 is 60.5 Å². The van der Waals surface area contributed by atoms with Gasteiger partial charge in [-0.2, -0.15) is 0 Å². The SMILES string of the molecule is NC(=O)c1cc(NS(=O)(=O)c2cc(Cl)c(Br)s2)ccc1F. The second kappa shape index (κ2) is 5.91. The monoisotopic (exact) mass is 412 g/mol. The van der Waals surface area contributed by atoms with Crippen LogP contribution < -0.4 is 10.5 Å². The highest BCUT2D eigenvalue weighted by atomic mass is 79.9. The normalized spacial score (nSPS) is 11.4. The molecule has 5 nitrogen and oxygen atoms in total. The van der Waals surface area contributed by atoms with E-state index in [1.165, 1.54) is 12.1 Å². The summed E-state index contributed by atoms with van der Waals surface area (Å²) in [6.45, 7) is 0. The van der Waals surface area contributed by atoms with Gasteiger partial charge in [0, 0.05) is 5.69 Å². The Morgan fingerprint density at radius 1 is 1.38 bits per heavy atom. The molecule has 0 fully saturated rings. The van der Waals surface area contributed by atoms with Gasteiger partial charge in [0.05, 0.1) is 14.4 Å². The van der Waals surface area contributed by atoms with Crippen LogP contribution in [0.5, 0.6) is 0 Å². The smallest absolute Gasteiger partial charge is 0.271 e. The lowest BCUT2D eigenvalue weighted by Gasteiger charge is -2.07. The van der Waals surface area contributed by atoms with Crippen molar-refractivity contribution in [3.8, 4) is 0 Å². The highest BCUT2D eigenvalue weighted by Crippen LogP contribution is 2.35. The van der Waals surface area contributed by atoms with Gasteiger partial charge in [0.2, 0.25) is 0 Å². The van der Waals surface area contributed by atoms with E-state index in [0.29, 0.717) is 3.79 Å². The second-order valence-electron chi connectivity index (χ2n) is 3.85. The molecule has 0 bridgehead atoms. The fraction of sp³-hybridized carbons (Fsp3) is 0. The highest BCUT2D eigenvalue weighted by Gasteiger charge is 2.20. The number of amides is 1. The number of nitrogens with two attached hydrogens (primary N) is 1. The van der Waals surface area contributed by atoms with Crippen LogP contribution >= 0.6 is 38.9 Å². The number of anilines is 1. The summed E-state index contributed by atoms with van der Waals surface area (Å²) in [5.41, 5.74) is 4.62. The molecule has 0 unspecified atom stereocenters. The maximum Gasteiger partial charge on any atom is 0.271 e. The molecule has 0 spiro atoms. The summed E-state index contributed by atoms with van der Waals surface area (Å²) in [6.07, 6.45) is 0. The zero-order valence-corrected chi connectivity index (χ0v) is 14.0. The number of nitrogens with one attached hydrogen (secondary N) is 1. The fourth-order valence-corrected chi connectivity index (χ4v) is 4.89. The Balaban J connectivity index is 2.37. The third kappa shape index (κ3) is 3.54. The molecule has 0 saturated carbocycles. The third-order valence-electron chi connectivity index (χ3n) is 2.37. The Bertz CT molecular complexity index is 803. The molecule has 2 rings (SSSR count). The Kier molecular flexibility index (Phi) is 4.57. The van der Waals surface area contributed by atoms with E-state index in [1.54, 1.807) is 0 Å². The van der Waals surface area contributed by atoms with Crippen molar-refractivity contribution in [2.24, 2.45) is 5.73 Å². The largest absolute Gasteiger partial charge is 0.366 e. The zero-order chi connectivity index (χ0) is 15.8. The summed E-state index contributed by atoms with van der Waals surface area (Å²) < 4.78 is 40.3. The Morgan fingerprint density at radius 2 is 2.05 bits per heavy atom. The summed E-state index contributed by atoms with van der Waals surface area (Å²) in [5.74, 6) is -1.82. The van der Waals surface area contributed by atoms with Gasteiger partial charge in [0.25, 0.3) is 15.9 Å². The standard InChI is InChI=1S/C11H7BrClFN2O3S2/c12-10-7(13)4-9(20-10)21(18,19)16-5-1-2-8(14)6(3-5)11(15)17/h1-4,16H,(H2,15,17). The topological polar surface area (TPSA) is 89.3 Å². The van der Waals surface area contributed by atoms with Crippen molar-refractivity contribution in [1.82, 2.24) is 0 Å². The number of carbonyl (C=O) groups excluding carboxylic acids is 1. The molecule has 3 N–H and O–H groups in total. The van der Waals surface area contributed by atoms with E-state index >= 15 is 0 Å². The first-order chi connectivity index (χ1) is 9.70. The van der Waals surface area contributed by atoms with E-state index in [4.69, 9.17) is 17.3 Å². The van der Waals surface area contributed by atoms with Crippen LogP contribution in [0.2, 0.25) is 5.02 Å². The number of carbonyl (C=O) groups is 1. The molecule has 0 aliphatic rings. The summed E-state index contributed by atoms with van der Waals surface area (Å²) in [4.78, 5) is 11.0. The zero-order valence-electron chi connectivity index (χ0n) is 10.1. The minimum Gasteiger partial charge on any atom is -0.366 e. The highest BCUT2D eigenvalue weighted by molar-refractivity contribution is 9.11. The molecule has 0 aliphatic heterocycles. The van der Waals surface area contributed by atoms with Crippen LogP contribution in [-0.2, 0) is 10.0 Å². The molecular weight excluding hydrogens is 407 g/mol. The van der Waals surface area contributed by atoms with Gasteiger partial charge in [-0.05, 0) is 40.2 Å². The number of benzene rings is 1. The van der Waals surface area contributed by atoms with Gasteiger partial charge < -0.3 is 5.73 Å². The van der Waals surface area contributed by atoms with Crippen LogP contribution in [-0.4, -0.2) is 14.3 Å². The summed E-state index contributed by atoms with van der Waals surface area (Å²) in [5, 5.41) is 0.261. The van der Waals surface area contributed by atoms with Crippen LogP contribution in [0.3, 0.4) is 0 Å². The molecule has 1 aromatic heterocycles. The van der Waals surface area contributed by atoms with Crippen LogP contribution in [0, 0.1) is 5.82 Å². The van der Waals surface area contributed by atoms with Gasteiger partial charge in [-0.15, -0.1) is 11.3 Å². The van der Waals surface area contributed by atoms with Crippen molar-refractivity contribution in [3.05, 3.63) is 44.5 Å². The molecule has 21 heavy (non-hydrogen) atoms. The van der Waals surface area contributed by atoms with Crippen LogP contribution in [0.15, 0.2) is 32.3 Å². The average molecular weight is 414 g/mol. The van der Waals surface area contributed by atoms with Gasteiger partial charge in [-0.1, -0.05) is 11.6 Å². The Labute approximate surface area is 137 Å². The van der Waals surface area contributed by atoms with Gasteiger partial charge >= 0.3 is 0 Å². The molecule has 10 heteroatoms. The van der Waals surface area contributed by atoms with E-state index in [1.807, 2.05) is 0 Å². The number of thiophene rings is 1. The minimum atomic E-state index is -3.89. The number of hydrogen-bond acceptors (Lipinski definition) is 4. The lowest BCUT2D eigenvalue weighted by atomic mass is 10.2.